The molecule has 3 N–H and O–H groups in total. The van der Waals surface area contributed by atoms with E-state index in [1.54, 1.807) is 12.1 Å². The van der Waals surface area contributed by atoms with Crippen LogP contribution in [0.3, 0.4) is 0 Å². The number of aliphatic imine (C=N–C) groups is 1. The van der Waals surface area contributed by atoms with Crippen LogP contribution in [0.5, 0.6) is 0 Å². The molecular formula is C14H20ClN3O. The van der Waals surface area contributed by atoms with Crippen molar-refractivity contribution < 1.29 is 4.79 Å². The van der Waals surface area contributed by atoms with Crippen LogP contribution in [-0.2, 0) is 0 Å². The minimum atomic E-state index is -0.280. The summed E-state index contributed by atoms with van der Waals surface area (Å²) in [6.45, 7) is 7.66. The molecule has 0 aliphatic heterocycles. The highest BCUT2D eigenvalue weighted by Gasteiger charge is 2.17. The number of nitrogens with two attached hydrogens (primary N) is 1. The fourth-order valence-corrected chi connectivity index (χ4v) is 1.64. The van der Waals surface area contributed by atoms with E-state index >= 15 is 0 Å². The van der Waals surface area contributed by atoms with E-state index in [1.165, 1.54) is 0 Å². The van der Waals surface area contributed by atoms with Crippen molar-refractivity contribution in [2.24, 2.45) is 10.7 Å². The Balaban J connectivity index is 3.11. The highest BCUT2D eigenvalue weighted by molar-refractivity contribution is 6.28. The smallest absolute Gasteiger partial charge is 0.252 e. The molecule has 0 bridgehead atoms. The zero-order chi connectivity index (χ0) is 14.6. The second-order valence-corrected chi connectivity index (χ2v) is 5.66. The minimum absolute atomic E-state index is 0.119. The third-order valence-corrected chi connectivity index (χ3v) is 2.71. The molecule has 0 saturated carbocycles. The largest absolute Gasteiger partial charge is 0.386 e. The average Bonchev–Trinajstić information content (AvgIpc) is 2.29. The van der Waals surface area contributed by atoms with E-state index in [0.717, 1.165) is 5.56 Å². The molecule has 1 rings (SSSR count). The number of alkyl halides is 1. The molecule has 0 heterocycles. The van der Waals surface area contributed by atoms with Crippen LogP contribution in [0.15, 0.2) is 23.2 Å². The maximum absolute atomic E-state index is 12.2. The number of nitrogens with one attached hydrogen (secondary N) is 1. The zero-order valence-electron chi connectivity index (χ0n) is 11.7. The van der Waals surface area contributed by atoms with Crippen molar-refractivity contribution in [3.8, 4) is 0 Å². The summed E-state index contributed by atoms with van der Waals surface area (Å²) in [5, 5.41) is 2.93. The van der Waals surface area contributed by atoms with Gasteiger partial charge in [-0.3, -0.25) is 4.79 Å². The first-order valence-electron chi connectivity index (χ1n) is 6.05. The number of amides is 1. The molecule has 0 unspecified atom stereocenters. The number of nitrogens with zero attached hydrogens (tertiary/aromatic N) is 1. The third-order valence-electron chi connectivity index (χ3n) is 2.44. The lowest BCUT2D eigenvalue weighted by molar-refractivity contribution is 0.0919. The number of hydrogen-bond acceptors (Lipinski definition) is 2. The average molecular weight is 282 g/mol. The van der Waals surface area contributed by atoms with Gasteiger partial charge < -0.3 is 11.1 Å². The lowest BCUT2D eigenvalue weighted by atomic mass is 10.0. The first-order chi connectivity index (χ1) is 8.74. The molecule has 0 aromatic heterocycles. The van der Waals surface area contributed by atoms with E-state index in [1.807, 2.05) is 33.8 Å². The first-order valence-corrected chi connectivity index (χ1v) is 6.59. The van der Waals surface area contributed by atoms with Gasteiger partial charge in [0.2, 0.25) is 0 Å². The molecular weight excluding hydrogens is 262 g/mol. The molecule has 1 aromatic carbocycles. The van der Waals surface area contributed by atoms with E-state index in [4.69, 9.17) is 17.3 Å². The Morgan fingerprint density at radius 2 is 2.05 bits per heavy atom. The predicted molar refractivity (Wildman–Crippen MR) is 80.4 cm³/mol. The van der Waals surface area contributed by atoms with Crippen LogP contribution >= 0.6 is 11.6 Å². The number of halogens is 1. The number of amidine groups is 1. The van der Waals surface area contributed by atoms with Crippen LogP contribution in [0.25, 0.3) is 0 Å². The number of carbonyl (C=O) groups excluding carboxylic acids is 1. The standard InChI is InChI=1S/C14H20ClN3O/c1-9-10(13(19)18-14(2,3)4)6-5-7-11(9)17-12(16)8-15/h5-7H,8H2,1-4H3,(H2,16,17)(H,18,19). The molecule has 0 aliphatic rings. The molecule has 19 heavy (non-hydrogen) atoms. The number of carbonyl (C=O) groups is 1. The lowest BCUT2D eigenvalue weighted by Gasteiger charge is -2.21. The van der Waals surface area contributed by atoms with Crippen molar-refractivity contribution in [3.63, 3.8) is 0 Å². The summed E-state index contributed by atoms with van der Waals surface area (Å²) in [6.07, 6.45) is 0. The van der Waals surface area contributed by atoms with Gasteiger partial charge in [-0.15, -0.1) is 11.6 Å². The van der Waals surface area contributed by atoms with E-state index in [0.29, 0.717) is 17.1 Å². The second kappa shape index (κ2) is 6.06. The third kappa shape index (κ3) is 4.56. The van der Waals surface area contributed by atoms with Gasteiger partial charge in [-0.2, -0.15) is 0 Å². The Morgan fingerprint density at radius 3 is 2.58 bits per heavy atom. The minimum Gasteiger partial charge on any atom is -0.386 e. The van der Waals surface area contributed by atoms with E-state index in [9.17, 15) is 4.79 Å². The molecule has 4 nitrogen and oxygen atoms in total. The fraction of sp³-hybridized carbons (Fsp3) is 0.429. The summed E-state index contributed by atoms with van der Waals surface area (Å²) in [5.41, 5.74) is 7.39. The SMILES string of the molecule is Cc1c(N=C(N)CCl)cccc1C(=O)NC(C)(C)C. The molecule has 0 saturated heterocycles. The lowest BCUT2D eigenvalue weighted by Crippen LogP contribution is -2.40. The molecule has 0 radical (unpaired) electrons. The molecule has 5 heteroatoms. The van der Waals surface area contributed by atoms with Crippen LogP contribution in [0.1, 0.15) is 36.7 Å². The topological polar surface area (TPSA) is 67.5 Å². The maximum Gasteiger partial charge on any atom is 0.252 e. The van der Waals surface area contributed by atoms with Crippen LogP contribution in [0, 0.1) is 6.92 Å². The molecule has 0 fully saturated rings. The Morgan fingerprint density at radius 1 is 1.42 bits per heavy atom. The molecule has 0 atom stereocenters. The van der Waals surface area contributed by atoms with Crippen molar-refractivity contribution >= 4 is 29.0 Å². The van der Waals surface area contributed by atoms with Gasteiger partial charge >= 0.3 is 0 Å². The second-order valence-electron chi connectivity index (χ2n) is 5.39. The van der Waals surface area contributed by atoms with Gasteiger partial charge in [0.1, 0.15) is 5.84 Å². The van der Waals surface area contributed by atoms with Gasteiger partial charge in [-0.05, 0) is 45.4 Å². The van der Waals surface area contributed by atoms with Crippen LogP contribution in [-0.4, -0.2) is 23.2 Å². The van der Waals surface area contributed by atoms with Crippen molar-refractivity contribution in [1.82, 2.24) is 5.32 Å². The van der Waals surface area contributed by atoms with Crippen molar-refractivity contribution in [1.29, 1.82) is 0 Å². The highest BCUT2D eigenvalue weighted by atomic mass is 35.5. The monoisotopic (exact) mass is 281 g/mol. The van der Waals surface area contributed by atoms with E-state index in [2.05, 4.69) is 10.3 Å². The van der Waals surface area contributed by atoms with E-state index in [-0.39, 0.29) is 17.3 Å². The Labute approximate surface area is 119 Å². The summed E-state index contributed by atoms with van der Waals surface area (Å²) in [6, 6.07) is 5.36. The Bertz CT molecular complexity index is 504. The van der Waals surface area contributed by atoms with Gasteiger partial charge in [0.25, 0.3) is 5.91 Å². The van der Waals surface area contributed by atoms with Gasteiger partial charge in [-0.1, -0.05) is 6.07 Å². The highest BCUT2D eigenvalue weighted by Crippen LogP contribution is 2.22. The molecule has 0 spiro atoms. The number of rotatable bonds is 3. The van der Waals surface area contributed by atoms with Gasteiger partial charge in [0.15, 0.2) is 0 Å². The first kappa shape index (κ1) is 15.5. The van der Waals surface area contributed by atoms with Crippen LogP contribution in [0.4, 0.5) is 5.69 Å². The quantitative estimate of drug-likeness (QED) is 0.508. The van der Waals surface area contributed by atoms with Crippen LogP contribution < -0.4 is 11.1 Å². The summed E-state index contributed by atoms with van der Waals surface area (Å²) in [7, 11) is 0. The van der Waals surface area contributed by atoms with Gasteiger partial charge in [-0.25, -0.2) is 4.99 Å². The van der Waals surface area contributed by atoms with Gasteiger partial charge in [0, 0.05) is 11.1 Å². The van der Waals surface area contributed by atoms with Gasteiger partial charge in [0.05, 0.1) is 11.6 Å². The normalized spacial score (nSPS) is 12.4. The fourth-order valence-electron chi connectivity index (χ4n) is 1.58. The number of benzene rings is 1. The number of hydrogen-bond donors (Lipinski definition) is 2. The summed E-state index contributed by atoms with van der Waals surface area (Å²) < 4.78 is 0. The van der Waals surface area contributed by atoms with Crippen LogP contribution in [0.2, 0.25) is 0 Å². The summed E-state index contributed by atoms with van der Waals surface area (Å²) in [5.74, 6) is 0.377. The van der Waals surface area contributed by atoms with Crippen molar-refractivity contribution in [2.75, 3.05) is 5.88 Å². The molecule has 104 valence electrons. The molecule has 1 aromatic rings. The van der Waals surface area contributed by atoms with Crippen molar-refractivity contribution in [2.45, 2.75) is 33.2 Å². The van der Waals surface area contributed by atoms with E-state index < -0.39 is 0 Å². The zero-order valence-corrected chi connectivity index (χ0v) is 12.5. The summed E-state index contributed by atoms with van der Waals surface area (Å²) >= 11 is 5.61. The Hall–Kier alpha value is -1.55. The summed E-state index contributed by atoms with van der Waals surface area (Å²) in [4.78, 5) is 16.4. The maximum atomic E-state index is 12.2. The predicted octanol–water partition coefficient (Wildman–Crippen LogP) is 2.75. The van der Waals surface area contributed by atoms with Crippen molar-refractivity contribution in [3.05, 3.63) is 29.3 Å². The Kier molecular flexibility index (Phi) is 4.95. The molecule has 0 aliphatic carbocycles. The molecule has 1 amide bonds.